The van der Waals surface area contributed by atoms with Crippen molar-refractivity contribution in [2.24, 2.45) is 34.4 Å². The number of halogens is 3. The molecule has 12 heteroatoms. The number of benzene rings is 1. The molecule has 38 heavy (non-hydrogen) atoms. The van der Waals surface area contributed by atoms with E-state index in [9.17, 15) is 32.3 Å². The van der Waals surface area contributed by atoms with Gasteiger partial charge in [0.2, 0.25) is 5.91 Å². The summed E-state index contributed by atoms with van der Waals surface area (Å²) in [6.07, 6.45) is -4.69. The lowest BCUT2D eigenvalue weighted by Crippen LogP contribution is -2.58. The van der Waals surface area contributed by atoms with Crippen LogP contribution in [0.4, 0.5) is 18.9 Å². The Morgan fingerprint density at radius 2 is 1.55 bits per heavy atom. The number of alkyl halides is 3. The van der Waals surface area contributed by atoms with E-state index < -0.39 is 69.7 Å². The molecule has 2 saturated carbocycles. The highest BCUT2D eigenvalue weighted by Crippen LogP contribution is 2.78. The standard InChI is InChI=1S/C26H33F3N2O7/c1-7-36-20(33)18-16-13-17(19(32)31(30)15-11-9-14(10-12-15)26(27,28)29)25(24(16,18)6,21(34)37-8-2)22(35)38-23(3,4)5/h9-12,16-18H,7-8,13,30H2,1-6H3. The molecule has 9 nitrogen and oxygen atoms in total. The van der Waals surface area contributed by atoms with Crippen molar-refractivity contribution in [2.75, 3.05) is 18.2 Å². The molecule has 0 radical (unpaired) electrons. The first-order valence-corrected chi connectivity index (χ1v) is 12.3. The Balaban J connectivity index is 2.11. The van der Waals surface area contributed by atoms with Crippen LogP contribution in [0.2, 0.25) is 0 Å². The number of amides is 1. The van der Waals surface area contributed by atoms with E-state index in [1.54, 1.807) is 34.6 Å². The van der Waals surface area contributed by atoms with Gasteiger partial charge in [0.25, 0.3) is 0 Å². The van der Waals surface area contributed by atoms with Gasteiger partial charge in [0.05, 0.1) is 36.3 Å². The maximum atomic E-state index is 13.9. The lowest BCUT2D eigenvalue weighted by atomic mass is 9.65. The molecular formula is C26H33F3N2O7. The fraction of sp³-hybridized carbons (Fsp3) is 0.615. The van der Waals surface area contributed by atoms with E-state index in [4.69, 9.17) is 20.1 Å². The third kappa shape index (κ3) is 4.63. The first-order chi connectivity index (χ1) is 17.5. The van der Waals surface area contributed by atoms with E-state index in [0.717, 1.165) is 24.3 Å². The van der Waals surface area contributed by atoms with Gasteiger partial charge in [0.1, 0.15) is 5.60 Å². The van der Waals surface area contributed by atoms with Gasteiger partial charge in [-0.2, -0.15) is 13.2 Å². The summed E-state index contributed by atoms with van der Waals surface area (Å²) in [5, 5.41) is 0.608. The molecular weight excluding hydrogens is 509 g/mol. The van der Waals surface area contributed by atoms with Crippen LogP contribution in [0.3, 0.4) is 0 Å². The second-order valence-corrected chi connectivity index (χ2v) is 10.7. The van der Waals surface area contributed by atoms with E-state index in [-0.39, 0.29) is 25.3 Å². The van der Waals surface area contributed by atoms with Crippen molar-refractivity contribution in [3.8, 4) is 0 Å². The van der Waals surface area contributed by atoms with Gasteiger partial charge < -0.3 is 14.2 Å². The van der Waals surface area contributed by atoms with Gasteiger partial charge in [-0.1, -0.05) is 6.92 Å². The Labute approximate surface area is 218 Å². The van der Waals surface area contributed by atoms with Crippen LogP contribution in [-0.4, -0.2) is 42.6 Å². The SMILES string of the molecule is CCOC(=O)C1C2CC(C(=O)N(N)c3ccc(C(F)(F)F)cc3)C(C(=O)OCC)(C(=O)OC(C)(C)C)C21C. The van der Waals surface area contributed by atoms with E-state index >= 15 is 0 Å². The van der Waals surface area contributed by atoms with Gasteiger partial charge >= 0.3 is 24.1 Å². The molecule has 2 aliphatic rings. The number of esters is 3. The zero-order valence-electron chi connectivity index (χ0n) is 22.2. The number of hydrogen-bond acceptors (Lipinski definition) is 8. The van der Waals surface area contributed by atoms with E-state index in [1.165, 1.54) is 6.92 Å². The van der Waals surface area contributed by atoms with Crippen LogP contribution in [0.15, 0.2) is 24.3 Å². The number of rotatable bonds is 7. The number of ether oxygens (including phenoxy) is 3. The van der Waals surface area contributed by atoms with Crippen molar-refractivity contribution in [2.45, 2.75) is 59.7 Å². The van der Waals surface area contributed by atoms with Crippen molar-refractivity contribution in [3.63, 3.8) is 0 Å². The molecule has 0 bridgehead atoms. The van der Waals surface area contributed by atoms with Crippen LogP contribution in [0.5, 0.6) is 0 Å². The quantitative estimate of drug-likeness (QED) is 0.138. The summed E-state index contributed by atoms with van der Waals surface area (Å²) < 4.78 is 55.1. The minimum atomic E-state index is -4.60. The summed E-state index contributed by atoms with van der Waals surface area (Å²) in [6.45, 7) is 9.40. The molecule has 0 saturated heterocycles. The predicted molar refractivity (Wildman–Crippen MR) is 128 cm³/mol. The van der Waals surface area contributed by atoms with Gasteiger partial charge in [-0.25, -0.2) is 10.9 Å². The number of anilines is 1. The Kier molecular flexibility index (Phi) is 7.63. The maximum Gasteiger partial charge on any atom is 0.416 e. The fourth-order valence-corrected chi connectivity index (χ4v) is 5.77. The van der Waals surface area contributed by atoms with Crippen molar-refractivity contribution in [1.29, 1.82) is 0 Å². The highest BCUT2D eigenvalue weighted by molar-refractivity contribution is 6.11. The molecule has 0 aliphatic heterocycles. The van der Waals surface area contributed by atoms with Crippen molar-refractivity contribution in [1.82, 2.24) is 0 Å². The lowest BCUT2D eigenvalue weighted by Gasteiger charge is -2.40. The largest absolute Gasteiger partial charge is 0.466 e. The van der Waals surface area contributed by atoms with Gasteiger partial charge in [-0.3, -0.25) is 19.2 Å². The second kappa shape index (κ2) is 9.87. The zero-order chi connectivity index (χ0) is 28.8. The van der Waals surface area contributed by atoms with Crippen LogP contribution < -0.4 is 10.9 Å². The summed E-state index contributed by atoms with van der Waals surface area (Å²) in [4.78, 5) is 54.2. The number of nitrogens with zero attached hydrogens (tertiary/aromatic N) is 1. The van der Waals surface area contributed by atoms with Crippen LogP contribution >= 0.6 is 0 Å². The van der Waals surface area contributed by atoms with E-state index in [1.807, 2.05) is 0 Å². The summed E-state index contributed by atoms with van der Waals surface area (Å²) in [5.41, 5.74) is -5.72. The van der Waals surface area contributed by atoms with Gasteiger partial charge in [-0.15, -0.1) is 0 Å². The van der Waals surface area contributed by atoms with Gasteiger partial charge in [0, 0.05) is 5.41 Å². The van der Waals surface area contributed by atoms with Crippen LogP contribution in [0, 0.1) is 28.6 Å². The monoisotopic (exact) mass is 542 g/mol. The Hall–Kier alpha value is -3.15. The molecule has 1 aromatic rings. The summed E-state index contributed by atoms with van der Waals surface area (Å²) in [5.74, 6) is -0.435. The number of fused-ring (bicyclic) bond motifs is 1. The average Bonchev–Trinajstić information content (AvgIpc) is 3.30. The Morgan fingerprint density at radius 3 is 2.03 bits per heavy atom. The van der Waals surface area contributed by atoms with Crippen molar-refractivity contribution in [3.05, 3.63) is 29.8 Å². The number of nitrogens with two attached hydrogens (primary N) is 1. The third-order valence-electron chi connectivity index (χ3n) is 7.44. The summed E-state index contributed by atoms with van der Waals surface area (Å²) in [6, 6.07) is 3.55. The highest BCUT2D eigenvalue weighted by Gasteiger charge is 2.88. The lowest BCUT2D eigenvalue weighted by molar-refractivity contribution is -0.191. The summed E-state index contributed by atoms with van der Waals surface area (Å²) >= 11 is 0. The molecule has 210 valence electrons. The molecule has 2 N–H and O–H groups in total. The minimum absolute atomic E-state index is 0.0732. The molecule has 0 spiro atoms. The Morgan fingerprint density at radius 1 is 1.00 bits per heavy atom. The van der Waals surface area contributed by atoms with Crippen LogP contribution in [-0.2, 0) is 39.6 Å². The van der Waals surface area contributed by atoms with E-state index in [0.29, 0.717) is 5.01 Å². The molecule has 5 unspecified atom stereocenters. The summed E-state index contributed by atoms with van der Waals surface area (Å²) in [7, 11) is 0. The number of hydrazine groups is 1. The number of carbonyl (C=O) groups is 4. The Bertz CT molecular complexity index is 1120. The number of hydrogen-bond donors (Lipinski definition) is 1. The van der Waals surface area contributed by atoms with Gasteiger partial charge in [0.15, 0.2) is 5.41 Å². The first kappa shape index (κ1) is 29.4. The molecule has 3 rings (SSSR count). The molecule has 2 aliphatic carbocycles. The van der Waals surface area contributed by atoms with Crippen molar-refractivity contribution >= 4 is 29.5 Å². The smallest absolute Gasteiger partial charge is 0.416 e. The van der Waals surface area contributed by atoms with Crippen LogP contribution in [0.1, 0.15) is 53.5 Å². The average molecular weight is 543 g/mol. The second-order valence-electron chi connectivity index (χ2n) is 10.7. The molecule has 5 atom stereocenters. The van der Waals surface area contributed by atoms with Gasteiger partial charge in [-0.05, 0) is 71.2 Å². The number of carbonyl (C=O) groups excluding carboxylic acids is 4. The normalized spacial score (nSPS) is 28.2. The third-order valence-corrected chi connectivity index (χ3v) is 7.44. The first-order valence-electron chi connectivity index (χ1n) is 12.3. The van der Waals surface area contributed by atoms with Crippen LogP contribution in [0.25, 0.3) is 0 Å². The predicted octanol–water partition coefficient (Wildman–Crippen LogP) is 3.64. The molecule has 1 aromatic carbocycles. The molecule has 0 aromatic heterocycles. The fourth-order valence-electron chi connectivity index (χ4n) is 5.77. The highest BCUT2D eigenvalue weighted by atomic mass is 19.4. The topological polar surface area (TPSA) is 125 Å². The minimum Gasteiger partial charge on any atom is -0.466 e. The molecule has 0 heterocycles. The molecule has 1 amide bonds. The zero-order valence-corrected chi connectivity index (χ0v) is 22.2. The van der Waals surface area contributed by atoms with Crippen molar-refractivity contribution < 1.29 is 46.6 Å². The van der Waals surface area contributed by atoms with E-state index in [2.05, 4.69) is 0 Å². The maximum absolute atomic E-state index is 13.9. The molecule has 2 fully saturated rings.